The summed E-state index contributed by atoms with van der Waals surface area (Å²) in [7, 11) is 0. The van der Waals surface area contributed by atoms with Crippen LogP contribution in [0.3, 0.4) is 0 Å². The monoisotopic (exact) mass is 469 g/mol. The summed E-state index contributed by atoms with van der Waals surface area (Å²) in [4.78, 5) is 26.5. The highest BCUT2D eigenvalue weighted by Gasteiger charge is 2.41. The molecule has 2 aromatic rings. The van der Waals surface area contributed by atoms with Gasteiger partial charge in [-0.1, -0.05) is 54.4 Å². The number of allylic oxidation sites excluding steroid dienone is 3. The van der Waals surface area contributed by atoms with E-state index in [1.165, 1.54) is 0 Å². The first-order valence-electron chi connectivity index (χ1n) is 10.8. The third-order valence-electron chi connectivity index (χ3n) is 6.03. The van der Waals surface area contributed by atoms with Gasteiger partial charge >= 0.3 is 5.97 Å². The lowest BCUT2D eigenvalue weighted by molar-refractivity contribution is -0.139. The van der Waals surface area contributed by atoms with Gasteiger partial charge in [-0.15, -0.1) is 0 Å². The van der Waals surface area contributed by atoms with Crippen molar-refractivity contribution in [3.63, 3.8) is 0 Å². The number of Topliss-reactive ketones (excluding diaryl/α,β-unsaturated/α-hetero) is 1. The molecule has 1 aliphatic carbocycles. The molecule has 0 aromatic heterocycles. The van der Waals surface area contributed by atoms with Crippen molar-refractivity contribution in [1.82, 2.24) is 5.32 Å². The summed E-state index contributed by atoms with van der Waals surface area (Å²) in [6.07, 6.45) is 1.79. The lowest BCUT2D eigenvalue weighted by Gasteiger charge is -2.36. The zero-order valence-corrected chi connectivity index (χ0v) is 19.6. The number of nitrogens with one attached hydrogen (secondary N) is 1. The Balaban J connectivity index is 1.76. The van der Waals surface area contributed by atoms with Crippen molar-refractivity contribution in [2.75, 3.05) is 6.61 Å². The molecule has 0 saturated carbocycles. The smallest absolute Gasteiger partial charge is 0.336 e. The molecule has 1 N–H and O–H groups in total. The van der Waals surface area contributed by atoms with E-state index in [0.717, 1.165) is 23.2 Å². The van der Waals surface area contributed by atoms with E-state index in [0.29, 0.717) is 46.3 Å². The minimum absolute atomic E-state index is 0.0342. The van der Waals surface area contributed by atoms with Crippen LogP contribution in [0.4, 0.5) is 0 Å². The van der Waals surface area contributed by atoms with Crippen LogP contribution in [0.5, 0.6) is 0 Å². The van der Waals surface area contributed by atoms with Crippen molar-refractivity contribution in [2.45, 2.75) is 44.9 Å². The van der Waals surface area contributed by atoms with Crippen LogP contribution in [0.2, 0.25) is 10.0 Å². The van der Waals surface area contributed by atoms with Crippen molar-refractivity contribution in [3.05, 3.63) is 92.2 Å². The lowest BCUT2D eigenvalue weighted by atomic mass is 9.72. The van der Waals surface area contributed by atoms with Gasteiger partial charge < -0.3 is 10.1 Å². The van der Waals surface area contributed by atoms with Gasteiger partial charge in [0.05, 0.1) is 12.2 Å². The number of carbonyl (C=O) groups excluding carboxylic acids is 2. The number of esters is 1. The maximum atomic E-state index is 13.5. The van der Waals surface area contributed by atoms with Crippen LogP contribution in [-0.2, 0) is 14.3 Å². The Bertz CT molecular complexity index is 1100. The fraction of sp³-hybridized carbons (Fsp3) is 0.308. The minimum atomic E-state index is -0.480. The van der Waals surface area contributed by atoms with Crippen molar-refractivity contribution in [2.24, 2.45) is 0 Å². The lowest BCUT2D eigenvalue weighted by Crippen LogP contribution is -2.36. The van der Waals surface area contributed by atoms with E-state index in [-0.39, 0.29) is 11.7 Å². The average molecular weight is 470 g/mol. The number of ether oxygens (including phenoxy) is 1. The molecule has 2 aromatic carbocycles. The molecule has 166 valence electrons. The standard InChI is InChI=1S/C26H25Cl2NO3/c1-3-12-32-26(31)23-15(2)29-21-13-18(16-4-8-19(27)9-5-16)14-22(30)25(21)24(23)17-6-10-20(28)11-7-17/h4-11,18,24,29H,3,12-14H2,1-2H3/t18-,24+/m0/s1. The summed E-state index contributed by atoms with van der Waals surface area (Å²) in [6, 6.07) is 15.0. The second kappa shape index (κ2) is 9.51. The van der Waals surface area contributed by atoms with Crippen LogP contribution in [0, 0.1) is 0 Å². The molecular weight excluding hydrogens is 445 g/mol. The predicted octanol–water partition coefficient (Wildman–Crippen LogP) is 6.31. The molecular formula is C26H25Cl2NO3. The van der Waals surface area contributed by atoms with Crippen molar-refractivity contribution in [3.8, 4) is 0 Å². The van der Waals surface area contributed by atoms with E-state index in [2.05, 4.69) is 5.32 Å². The first-order valence-corrected chi connectivity index (χ1v) is 11.6. The maximum absolute atomic E-state index is 13.5. The molecule has 0 fully saturated rings. The number of hydrogen-bond donors (Lipinski definition) is 1. The Morgan fingerprint density at radius 2 is 1.59 bits per heavy atom. The highest BCUT2D eigenvalue weighted by atomic mass is 35.5. The van der Waals surface area contributed by atoms with Crippen LogP contribution in [0.15, 0.2) is 71.1 Å². The van der Waals surface area contributed by atoms with Gasteiger partial charge in [0.1, 0.15) is 0 Å². The molecule has 2 atom stereocenters. The molecule has 0 unspecified atom stereocenters. The summed E-state index contributed by atoms with van der Waals surface area (Å²) < 4.78 is 5.48. The largest absolute Gasteiger partial charge is 0.462 e. The van der Waals surface area contributed by atoms with Gasteiger partial charge in [0.2, 0.25) is 0 Å². The maximum Gasteiger partial charge on any atom is 0.336 e. The molecule has 4 nitrogen and oxygen atoms in total. The normalized spacial score (nSPS) is 20.7. The van der Waals surface area contributed by atoms with Crippen molar-refractivity contribution >= 4 is 35.0 Å². The topological polar surface area (TPSA) is 55.4 Å². The van der Waals surface area contributed by atoms with E-state index in [1.54, 1.807) is 12.1 Å². The van der Waals surface area contributed by atoms with Gasteiger partial charge in [-0.05, 0) is 61.1 Å². The SMILES string of the molecule is CCCOC(=O)C1=C(C)NC2=C(C(=O)C[C@@H](c3ccc(Cl)cc3)C2)[C@@H]1c1ccc(Cl)cc1. The molecule has 1 heterocycles. The van der Waals surface area contributed by atoms with E-state index < -0.39 is 11.9 Å². The highest BCUT2D eigenvalue weighted by Crippen LogP contribution is 2.45. The molecule has 32 heavy (non-hydrogen) atoms. The van der Waals surface area contributed by atoms with Crippen LogP contribution >= 0.6 is 23.2 Å². The van der Waals surface area contributed by atoms with E-state index in [1.807, 2.05) is 50.2 Å². The number of carbonyl (C=O) groups is 2. The first-order chi connectivity index (χ1) is 15.4. The van der Waals surface area contributed by atoms with Gasteiger partial charge in [-0.25, -0.2) is 4.79 Å². The van der Waals surface area contributed by atoms with Crippen molar-refractivity contribution in [1.29, 1.82) is 0 Å². The quantitative estimate of drug-likeness (QED) is 0.521. The molecule has 1 aliphatic heterocycles. The molecule has 4 rings (SSSR count). The zero-order valence-electron chi connectivity index (χ0n) is 18.1. The van der Waals surface area contributed by atoms with E-state index >= 15 is 0 Å². The zero-order chi connectivity index (χ0) is 22.8. The van der Waals surface area contributed by atoms with E-state index in [4.69, 9.17) is 27.9 Å². The summed E-state index contributed by atoms with van der Waals surface area (Å²) in [5.41, 5.74) is 4.64. The Hall–Kier alpha value is -2.56. The fourth-order valence-corrected chi connectivity index (χ4v) is 4.79. The molecule has 0 radical (unpaired) electrons. The first kappa shape index (κ1) is 22.6. The minimum Gasteiger partial charge on any atom is -0.462 e. The van der Waals surface area contributed by atoms with Crippen LogP contribution in [-0.4, -0.2) is 18.4 Å². The Morgan fingerprint density at radius 1 is 1.00 bits per heavy atom. The second-order valence-electron chi connectivity index (χ2n) is 8.26. The number of hydrogen-bond acceptors (Lipinski definition) is 4. The number of halogens is 2. The molecule has 2 aliphatic rings. The Morgan fingerprint density at radius 3 is 2.19 bits per heavy atom. The number of rotatable bonds is 5. The van der Waals surface area contributed by atoms with Crippen LogP contribution in [0.1, 0.15) is 56.1 Å². The number of benzene rings is 2. The van der Waals surface area contributed by atoms with Gasteiger partial charge in [-0.2, -0.15) is 0 Å². The van der Waals surface area contributed by atoms with Crippen LogP contribution in [0.25, 0.3) is 0 Å². The summed E-state index contributed by atoms with van der Waals surface area (Å²) in [5.74, 6) is -0.785. The van der Waals surface area contributed by atoms with Crippen LogP contribution < -0.4 is 5.32 Å². The Labute approximate surface area is 198 Å². The fourth-order valence-electron chi connectivity index (χ4n) is 4.54. The summed E-state index contributed by atoms with van der Waals surface area (Å²) in [5, 5.41) is 4.64. The number of dihydropyridines is 1. The number of ketones is 1. The van der Waals surface area contributed by atoms with Gasteiger partial charge in [-0.3, -0.25) is 4.79 Å². The molecule has 0 bridgehead atoms. The predicted molar refractivity (Wildman–Crippen MR) is 127 cm³/mol. The summed E-state index contributed by atoms with van der Waals surface area (Å²) >= 11 is 12.1. The third kappa shape index (κ3) is 4.48. The van der Waals surface area contributed by atoms with Crippen molar-refractivity contribution < 1.29 is 14.3 Å². The molecule has 0 spiro atoms. The third-order valence-corrected chi connectivity index (χ3v) is 6.53. The van der Waals surface area contributed by atoms with E-state index in [9.17, 15) is 9.59 Å². The highest BCUT2D eigenvalue weighted by molar-refractivity contribution is 6.30. The van der Waals surface area contributed by atoms with Gasteiger partial charge in [0.25, 0.3) is 0 Å². The van der Waals surface area contributed by atoms with Gasteiger partial charge in [0, 0.05) is 39.4 Å². The molecule has 0 saturated heterocycles. The van der Waals surface area contributed by atoms with Gasteiger partial charge in [0.15, 0.2) is 5.78 Å². The Kier molecular flexibility index (Phi) is 6.73. The summed E-state index contributed by atoms with van der Waals surface area (Å²) in [6.45, 7) is 4.15. The average Bonchev–Trinajstić information content (AvgIpc) is 2.77. The molecule has 0 amide bonds. The molecule has 6 heteroatoms. The second-order valence-corrected chi connectivity index (χ2v) is 9.13.